The van der Waals surface area contributed by atoms with Crippen LogP contribution >= 0.6 is 0 Å². The smallest absolute Gasteiger partial charge is 0.335 e. The van der Waals surface area contributed by atoms with E-state index in [4.69, 9.17) is 71.1 Å². The third-order valence-corrected chi connectivity index (χ3v) is 15.0. The maximum Gasteiger partial charge on any atom is 0.335 e. The van der Waals surface area contributed by atoms with E-state index < -0.39 is 272 Å². The molecule has 8 fully saturated rings. The second-order valence-electron chi connectivity index (χ2n) is 20.7. The van der Waals surface area contributed by atoms with Crippen molar-refractivity contribution in [3.05, 3.63) is 0 Å². The number of aliphatic hydroxyl groups excluding tert-OH is 18. The SMILES string of the molecule is O=C(O)[C@H]1O[C@@H](O[C@@H]2[C@@H](O)[C@@H](O[C@@H]3[C@@H](O)[C@H](O[C@@H]4[C@@H](O)[C@@H](O[C@@H]5[C@@H](O)[C@H](O[C@@H]6[C@@H](O)[C@@H](O[C@@H]7[C@@H](O)[C@H](O[C@@H]8CO[C@@H](O)[C@H](O)[C@H]8O)O[C@H](C(=O)O)[C@H]7O)OC[C@H]6O)O[C@H](C(=O)O)[C@H]5O)OC[C@H]4O)O[C@H](C(=O)O)[C@H]3O)OC[C@H]2O)[C@H](O)[C@@H](O)[C@@H]1O. The van der Waals surface area contributed by atoms with Gasteiger partial charge in [-0.25, -0.2) is 19.2 Å². The van der Waals surface area contributed by atoms with E-state index in [1.807, 2.05) is 0 Å². The number of ether oxygens (including phenoxy) is 15. The molecule has 0 unspecified atom stereocenters. The molecule has 0 aromatic carbocycles. The van der Waals surface area contributed by atoms with Crippen molar-refractivity contribution >= 4 is 23.9 Å². The molecule has 0 aromatic rings. The second kappa shape index (κ2) is 27.7. The minimum absolute atomic E-state index is 0.647. The summed E-state index contributed by atoms with van der Waals surface area (Å²) in [6.45, 7) is -3.31. The van der Waals surface area contributed by atoms with Crippen LogP contribution in [-0.4, -0.2) is 384 Å². The van der Waals surface area contributed by atoms with Gasteiger partial charge in [-0.15, -0.1) is 0 Å². The first-order chi connectivity index (χ1) is 39.9. The van der Waals surface area contributed by atoms with E-state index in [-0.39, 0.29) is 0 Å². The Balaban J connectivity index is 0.935. The average molecular weight is 1250 g/mol. The van der Waals surface area contributed by atoms with Crippen molar-refractivity contribution in [2.45, 2.75) is 221 Å². The molecule has 41 heteroatoms. The fourth-order valence-corrected chi connectivity index (χ4v) is 10.3. The highest BCUT2D eigenvalue weighted by Crippen LogP contribution is 2.37. The van der Waals surface area contributed by atoms with E-state index in [2.05, 4.69) is 0 Å². The van der Waals surface area contributed by atoms with Crippen LogP contribution in [-0.2, 0) is 90.2 Å². The minimum Gasteiger partial charge on any atom is -0.479 e. The first-order valence-electron chi connectivity index (χ1n) is 25.8. The summed E-state index contributed by atoms with van der Waals surface area (Å²) >= 11 is 0. The number of rotatable bonds is 18. The van der Waals surface area contributed by atoms with Gasteiger partial charge in [0.15, 0.2) is 74.7 Å². The van der Waals surface area contributed by atoms with Gasteiger partial charge in [-0.3, -0.25) is 0 Å². The van der Waals surface area contributed by atoms with Crippen LogP contribution in [0.4, 0.5) is 0 Å². The summed E-state index contributed by atoms with van der Waals surface area (Å²) in [5.74, 6) is -7.63. The minimum atomic E-state index is -2.46. The van der Waals surface area contributed by atoms with E-state index in [9.17, 15) is 132 Å². The molecule has 22 N–H and O–H groups in total. The molecule has 488 valence electrons. The Bertz CT molecular complexity index is 2250. The molecular weight excluding hydrogens is 1180 g/mol. The van der Waals surface area contributed by atoms with Gasteiger partial charge in [0.2, 0.25) is 0 Å². The molecule has 8 saturated heterocycles. The van der Waals surface area contributed by atoms with Gasteiger partial charge in [0.1, 0.15) is 146 Å². The van der Waals surface area contributed by atoms with Crippen LogP contribution in [0.15, 0.2) is 0 Å². The molecule has 0 amide bonds. The lowest BCUT2D eigenvalue weighted by atomic mass is 9.96. The Kier molecular flexibility index (Phi) is 22.0. The van der Waals surface area contributed by atoms with Crippen LogP contribution < -0.4 is 0 Å². The van der Waals surface area contributed by atoms with Crippen LogP contribution in [0, 0.1) is 0 Å². The Morgan fingerprint density at radius 2 is 0.529 bits per heavy atom. The molecule has 0 bridgehead atoms. The lowest BCUT2D eigenvalue weighted by molar-refractivity contribution is -0.386. The number of carbonyl (C=O) groups is 4. The molecule has 36 atom stereocenters. The number of carboxylic acid groups (broad SMARTS) is 4. The number of hydrogen-bond acceptors (Lipinski definition) is 37. The van der Waals surface area contributed by atoms with Crippen molar-refractivity contribution in [3.63, 3.8) is 0 Å². The highest BCUT2D eigenvalue weighted by molar-refractivity contribution is 5.74. The van der Waals surface area contributed by atoms with Gasteiger partial charge in [-0.1, -0.05) is 0 Å². The summed E-state index contributed by atoms with van der Waals surface area (Å²) in [6, 6.07) is 0. The second-order valence-corrected chi connectivity index (χ2v) is 20.7. The van der Waals surface area contributed by atoms with Gasteiger partial charge in [0, 0.05) is 0 Å². The van der Waals surface area contributed by atoms with Crippen molar-refractivity contribution in [2.75, 3.05) is 26.4 Å². The summed E-state index contributed by atoms with van der Waals surface area (Å²) in [7, 11) is 0. The van der Waals surface area contributed by atoms with Crippen molar-refractivity contribution in [2.24, 2.45) is 0 Å². The van der Waals surface area contributed by atoms with E-state index >= 15 is 0 Å². The highest BCUT2D eigenvalue weighted by atomic mass is 16.8. The van der Waals surface area contributed by atoms with Crippen LogP contribution in [0.25, 0.3) is 0 Å². The first-order valence-corrected chi connectivity index (χ1v) is 25.8. The van der Waals surface area contributed by atoms with Gasteiger partial charge in [0.25, 0.3) is 0 Å². The van der Waals surface area contributed by atoms with E-state index in [0.29, 0.717) is 0 Å². The molecule has 41 nitrogen and oxygen atoms in total. The predicted octanol–water partition coefficient (Wildman–Crippen LogP) is -15.5. The predicted molar refractivity (Wildman–Crippen MR) is 243 cm³/mol. The maximum absolute atomic E-state index is 12.4. The number of carboxylic acids is 4. The first kappa shape index (κ1) is 67.5. The zero-order valence-corrected chi connectivity index (χ0v) is 43.2. The van der Waals surface area contributed by atoms with Gasteiger partial charge in [-0.2, -0.15) is 0 Å². The Morgan fingerprint density at radius 3 is 0.847 bits per heavy atom. The molecule has 0 saturated carbocycles. The molecule has 0 spiro atoms. The summed E-state index contributed by atoms with van der Waals surface area (Å²) in [4.78, 5) is 48.6. The number of aliphatic carboxylic acids is 4. The van der Waals surface area contributed by atoms with Gasteiger partial charge in [0.05, 0.1) is 26.4 Å². The molecule has 8 rings (SSSR count). The quantitative estimate of drug-likeness (QED) is 0.0606. The normalized spacial score (nSPS) is 51.8. The Hall–Kier alpha value is -3.44. The maximum atomic E-state index is 12.4. The van der Waals surface area contributed by atoms with E-state index in [1.165, 1.54) is 0 Å². The largest absolute Gasteiger partial charge is 0.479 e. The molecular formula is C44H66O41. The van der Waals surface area contributed by atoms with E-state index in [0.717, 1.165) is 0 Å². The van der Waals surface area contributed by atoms with E-state index in [1.54, 1.807) is 0 Å². The standard InChI is InChI=1S/C44H66O41/c45-5-1-72-38(17(56)23(5)76-41-13(52)10(49)11(50)29(82-41)33(62)63)80-27-15(54)31(35(66)67)84-43(21(27)60)78-25-7(47)3-74-40(19(25)58)81-28-16(55)32(36(68)69)85-44(22(28)61)77-24-6(46)2-73-39(18(24)57)79-26-14(53)30(34(64)65)83-42(20(26)59)75-8-4-71-37(70)12(51)9(8)48/h5-32,37-61,70H,1-4H2,(H,62,63)(H,64,65)(H,66,67)(H,68,69)/t5-,6-,7-,8-,9+,10+,11+,12-,13-,14+,15+,16+,17-,18-,19-,20-,21-,22-,23+,24+,25+,26+,27+,28+,29+,30+,31+,32+,37-,38-,39-,40-,41-,42-,43-,44-/m1/s1. The lowest BCUT2D eigenvalue weighted by Crippen LogP contribution is -2.67. The summed E-state index contributed by atoms with van der Waals surface area (Å²) in [6.07, 6.45) is -79.1. The third-order valence-electron chi connectivity index (χ3n) is 15.0. The van der Waals surface area contributed by atoms with Crippen molar-refractivity contribution in [1.29, 1.82) is 0 Å². The fraction of sp³-hybridized carbons (Fsp3) is 0.909. The zero-order chi connectivity index (χ0) is 62.5. The van der Waals surface area contributed by atoms with Crippen LogP contribution in [0.5, 0.6) is 0 Å². The average Bonchev–Trinajstić information content (AvgIpc) is 3.40. The molecule has 8 aliphatic heterocycles. The fourth-order valence-electron chi connectivity index (χ4n) is 10.3. The van der Waals surface area contributed by atoms with Crippen molar-refractivity contribution in [3.8, 4) is 0 Å². The lowest BCUT2D eigenvalue weighted by Gasteiger charge is -2.48. The molecule has 85 heavy (non-hydrogen) atoms. The van der Waals surface area contributed by atoms with Crippen LogP contribution in [0.2, 0.25) is 0 Å². The van der Waals surface area contributed by atoms with Gasteiger partial charge >= 0.3 is 23.9 Å². The topological polar surface area (TPSA) is 652 Å². The Labute approximate surface area is 473 Å². The summed E-state index contributed by atoms with van der Waals surface area (Å²) in [5.41, 5.74) is 0. The van der Waals surface area contributed by atoms with Crippen LogP contribution in [0.1, 0.15) is 0 Å². The summed E-state index contributed by atoms with van der Waals surface area (Å²) in [5, 5.41) is 234. The highest BCUT2D eigenvalue weighted by Gasteiger charge is 2.59. The number of aliphatic hydroxyl groups is 18. The molecule has 8 aliphatic rings. The molecule has 8 heterocycles. The molecule has 0 aliphatic carbocycles. The summed E-state index contributed by atoms with van der Waals surface area (Å²) < 4.78 is 80.4. The Morgan fingerprint density at radius 1 is 0.259 bits per heavy atom. The van der Waals surface area contributed by atoms with Crippen molar-refractivity contribution in [1.82, 2.24) is 0 Å². The number of hydrogen-bond donors (Lipinski definition) is 22. The monoisotopic (exact) mass is 1250 g/mol. The molecule has 0 radical (unpaired) electrons. The van der Waals surface area contributed by atoms with Gasteiger partial charge < -0.3 is 183 Å². The molecule has 0 aromatic heterocycles. The third kappa shape index (κ3) is 14.0. The zero-order valence-electron chi connectivity index (χ0n) is 43.2. The van der Waals surface area contributed by atoms with Crippen molar-refractivity contribution < 1.29 is 203 Å². The van der Waals surface area contributed by atoms with Crippen LogP contribution in [0.3, 0.4) is 0 Å². The van der Waals surface area contributed by atoms with Gasteiger partial charge in [-0.05, 0) is 0 Å².